The fraction of sp³-hybridized carbons (Fsp3) is 0.933. The monoisotopic (exact) mass is 347 g/mol. The van der Waals surface area contributed by atoms with E-state index in [0.29, 0.717) is 25.9 Å². The van der Waals surface area contributed by atoms with E-state index in [1.54, 1.807) is 7.11 Å². The first kappa shape index (κ1) is 18.6. The third kappa shape index (κ3) is 5.70. The fourth-order valence-electron chi connectivity index (χ4n) is 3.29. The van der Waals surface area contributed by atoms with Crippen LogP contribution in [0.1, 0.15) is 25.7 Å². The number of rotatable bonds is 6. The molecule has 2 aliphatic heterocycles. The van der Waals surface area contributed by atoms with Crippen molar-refractivity contribution in [2.75, 3.05) is 52.7 Å². The van der Waals surface area contributed by atoms with Crippen LogP contribution in [0.15, 0.2) is 0 Å². The van der Waals surface area contributed by atoms with Crippen LogP contribution < -0.4 is 5.32 Å². The zero-order valence-corrected chi connectivity index (χ0v) is 15.0. The third-order valence-corrected chi connectivity index (χ3v) is 6.14. The first-order valence-electron chi connectivity index (χ1n) is 8.37. The number of nitrogens with zero attached hydrogens (tertiary/aromatic N) is 2. The highest BCUT2D eigenvalue weighted by Gasteiger charge is 2.30. The average Bonchev–Trinajstić information content (AvgIpc) is 2.53. The van der Waals surface area contributed by atoms with Gasteiger partial charge in [-0.05, 0) is 25.7 Å². The second-order valence-electron chi connectivity index (χ2n) is 6.55. The van der Waals surface area contributed by atoms with E-state index in [0.717, 1.165) is 39.1 Å². The Hall–Kier alpha value is -0.700. The lowest BCUT2D eigenvalue weighted by atomic mass is 9.96. The van der Waals surface area contributed by atoms with Crippen LogP contribution in [0.5, 0.6) is 0 Å². The molecule has 2 rings (SSSR count). The fourth-order valence-corrected chi connectivity index (χ4v) is 4.16. The molecule has 2 fully saturated rings. The normalized spacial score (nSPS) is 23.0. The molecule has 0 bridgehead atoms. The molecule has 0 saturated carbocycles. The summed E-state index contributed by atoms with van der Waals surface area (Å²) < 4.78 is 29.5. The second kappa shape index (κ2) is 8.41. The van der Waals surface area contributed by atoms with Crippen LogP contribution in [-0.2, 0) is 19.6 Å². The molecule has 0 aromatic heterocycles. The van der Waals surface area contributed by atoms with Crippen LogP contribution in [0, 0.1) is 5.92 Å². The number of sulfonamides is 1. The van der Waals surface area contributed by atoms with Gasteiger partial charge in [0.05, 0.1) is 12.9 Å². The Morgan fingerprint density at radius 2 is 1.74 bits per heavy atom. The van der Waals surface area contributed by atoms with Crippen molar-refractivity contribution >= 4 is 15.9 Å². The molecule has 2 aliphatic rings. The number of piperidine rings is 2. The van der Waals surface area contributed by atoms with Gasteiger partial charge in [-0.15, -0.1) is 0 Å². The number of carbonyl (C=O) groups is 1. The number of ether oxygens (including phenoxy) is 1. The molecule has 0 aromatic carbocycles. The second-order valence-corrected chi connectivity index (χ2v) is 8.54. The number of amides is 1. The lowest BCUT2D eigenvalue weighted by Gasteiger charge is -2.34. The highest BCUT2D eigenvalue weighted by atomic mass is 32.2. The Kier molecular flexibility index (Phi) is 6.82. The van der Waals surface area contributed by atoms with E-state index in [1.807, 2.05) is 0 Å². The van der Waals surface area contributed by atoms with Crippen LogP contribution in [0.25, 0.3) is 0 Å². The predicted molar refractivity (Wildman–Crippen MR) is 88.6 cm³/mol. The number of nitrogens with one attached hydrogen (secondary N) is 1. The molecular weight excluding hydrogens is 318 g/mol. The van der Waals surface area contributed by atoms with E-state index in [9.17, 15) is 13.2 Å². The minimum Gasteiger partial charge on any atom is -0.383 e. The molecule has 23 heavy (non-hydrogen) atoms. The Morgan fingerprint density at radius 1 is 1.13 bits per heavy atom. The van der Waals surface area contributed by atoms with Gasteiger partial charge in [-0.1, -0.05) is 0 Å². The molecule has 0 spiro atoms. The van der Waals surface area contributed by atoms with Crippen molar-refractivity contribution in [1.29, 1.82) is 0 Å². The van der Waals surface area contributed by atoms with Crippen LogP contribution in [0.3, 0.4) is 0 Å². The summed E-state index contributed by atoms with van der Waals surface area (Å²) in [6.45, 7) is 4.57. The number of hydrogen-bond acceptors (Lipinski definition) is 5. The van der Waals surface area contributed by atoms with E-state index in [1.165, 1.54) is 10.6 Å². The molecule has 2 heterocycles. The highest BCUT2D eigenvalue weighted by Crippen LogP contribution is 2.20. The van der Waals surface area contributed by atoms with Gasteiger partial charge in [-0.3, -0.25) is 4.79 Å². The van der Waals surface area contributed by atoms with Gasteiger partial charge in [-0.2, -0.15) is 0 Å². The summed E-state index contributed by atoms with van der Waals surface area (Å²) in [5, 5.41) is 3.15. The largest absolute Gasteiger partial charge is 0.383 e. The van der Waals surface area contributed by atoms with Gasteiger partial charge in [0.25, 0.3) is 0 Å². The molecule has 2 saturated heterocycles. The summed E-state index contributed by atoms with van der Waals surface area (Å²) in [5.41, 5.74) is 0. The molecule has 0 unspecified atom stereocenters. The molecule has 0 radical (unpaired) electrons. The summed E-state index contributed by atoms with van der Waals surface area (Å²) in [7, 11) is -1.42. The van der Waals surface area contributed by atoms with Crippen molar-refractivity contribution in [3.63, 3.8) is 0 Å². The standard InChI is InChI=1S/C15H29N3O4S/c1-22-12-11-17-7-5-14(6-8-17)16-15(19)13-3-9-18(10-4-13)23(2,20)21/h13-14H,3-12H2,1-2H3,(H,16,19). The summed E-state index contributed by atoms with van der Waals surface area (Å²) >= 11 is 0. The summed E-state index contributed by atoms with van der Waals surface area (Å²) in [6.07, 6.45) is 4.40. The first-order chi connectivity index (χ1) is 10.9. The minimum absolute atomic E-state index is 0.0560. The summed E-state index contributed by atoms with van der Waals surface area (Å²) in [6, 6.07) is 0.245. The van der Waals surface area contributed by atoms with Gasteiger partial charge in [0.1, 0.15) is 0 Å². The Balaban J connectivity index is 1.70. The van der Waals surface area contributed by atoms with Gasteiger partial charge >= 0.3 is 0 Å². The van der Waals surface area contributed by atoms with Gasteiger partial charge in [-0.25, -0.2) is 12.7 Å². The van der Waals surface area contributed by atoms with Crippen molar-refractivity contribution in [1.82, 2.24) is 14.5 Å². The van der Waals surface area contributed by atoms with Crippen molar-refractivity contribution in [2.45, 2.75) is 31.7 Å². The van der Waals surface area contributed by atoms with Gasteiger partial charge in [0, 0.05) is 51.8 Å². The first-order valence-corrected chi connectivity index (χ1v) is 10.2. The molecule has 134 valence electrons. The maximum absolute atomic E-state index is 12.4. The SMILES string of the molecule is COCCN1CCC(NC(=O)C2CCN(S(C)(=O)=O)CC2)CC1. The molecule has 1 N–H and O–H groups in total. The molecule has 0 atom stereocenters. The lowest BCUT2D eigenvalue weighted by Crippen LogP contribution is -2.48. The Labute approximate surface area is 139 Å². The molecule has 0 aliphatic carbocycles. The van der Waals surface area contributed by atoms with E-state index >= 15 is 0 Å². The number of methoxy groups -OCH3 is 1. The van der Waals surface area contributed by atoms with Crippen LogP contribution in [0.2, 0.25) is 0 Å². The van der Waals surface area contributed by atoms with E-state index in [-0.39, 0.29) is 17.9 Å². The topological polar surface area (TPSA) is 79.0 Å². The number of carbonyl (C=O) groups excluding carboxylic acids is 1. The average molecular weight is 347 g/mol. The van der Waals surface area contributed by atoms with Crippen LogP contribution >= 0.6 is 0 Å². The Bertz CT molecular complexity index is 481. The van der Waals surface area contributed by atoms with Crippen molar-refractivity contribution in [3.8, 4) is 0 Å². The summed E-state index contributed by atoms with van der Waals surface area (Å²) in [5.74, 6) is 0.0352. The number of hydrogen-bond donors (Lipinski definition) is 1. The maximum Gasteiger partial charge on any atom is 0.223 e. The molecular formula is C15H29N3O4S. The smallest absolute Gasteiger partial charge is 0.223 e. The van der Waals surface area contributed by atoms with Crippen molar-refractivity contribution in [2.24, 2.45) is 5.92 Å². The highest BCUT2D eigenvalue weighted by molar-refractivity contribution is 7.88. The predicted octanol–water partition coefficient (Wildman–Crippen LogP) is -0.115. The minimum atomic E-state index is -3.13. The van der Waals surface area contributed by atoms with Crippen molar-refractivity contribution < 1.29 is 17.9 Å². The molecule has 0 aromatic rings. The van der Waals surface area contributed by atoms with Crippen LogP contribution in [-0.4, -0.2) is 82.3 Å². The zero-order chi connectivity index (χ0) is 16.9. The molecule has 7 nitrogen and oxygen atoms in total. The Morgan fingerprint density at radius 3 is 2.26 bits per heavy atom. The van der Waals surface area contributed by atoms with Crippen molar-refractivity contribution in [3.05, 3.63) is 0 Å². The van der Waals surface area contributed by atoms with Crippen LogP contribution in [0.4, 0.5) is 0 Å². The number of likely N-dealkylation sites (tertiary alicyclic amines) is 1. The van der Waals surface area contributed by atoms with Gasteiger partial charge in [0.2, 0.25) is 15.9 Å². The third-order valence-electron chi connectivity index (χ3n) is 4.84. The van der Waals surface area contributed by atoms with E-state index in [4.69, 9.17) is 4.74 Å². The lowest BCUT2D eigenvalue weighted by molar-refractivity contribution is -0.127. The van der Waals surface area contributed by atoms with E-state index in [2.05, 4.69) is 10.2 Å². The zero-order valence-electron chi connectivity index (χ0n) is 14.2. The van der Waals surface area contributed by atoms with Gasteiger partial charge < -0.3 is 15.0 Å². The molecule has 1 amide bonds. The molecule has 8 heteroatoms. The summed E-state index contributed by atoms with van der Waals surface area (Å²) in [4.78, 5) is 14.7. The van der Waals surface area contributed by atoms with Gasteiger partial charge in [0.15, 0.2) is 0 Å². The maximum atomic E-state index is 12.4. The quantitative estimate of drug-likeness (QED) is 0.725. The van der Waals surface area contributed by atoms with E-state index < -0.39 is 10.0 Å².